The third-order valence-corrected chi connectivity index (χ3v) is 4.97. The van der Waals surface area contributed by atoms with Gasteiger partial charge >= 0.3 is 0 Å². The fourth-order valence-corrected chi connectivity index (χ4v) is 3.64. The molecule has 0 saturated heterocycles. The van der Waals surface area contributed by atoms with E-state index in [1.807, 2.05) is 30.0 Å². The maximum absolute atomic E-state index is 8.47. The van der Waals surface area contributed by atoms with Crippen LogP contribution in [0.2, 0.25) is 0 Å². The van der Waals surface area contributed by atoms with Crippen molar-refractivity contribution in [1.29, 1.82) is 5.26 Å². The molecule has 20 heavy (non-hydrogen) atoms. The van der Waals surface area contributed by atoms with Crippen LogP contribution in [0.1, 0.15) is 31.2 Å². The van der Waals surface area contributed by atoms with Crippen molar-refractivity contribution in [2.24, 2.45) is 0 Å². The summed E-state index contributed by atoms with van der Waals surface area (Å²) in [5.41, 5.74) is 1.26. The van der Waals surface area contributed by atoms with Crippen molar-refractivity contribution in [3.8, 4) is 11.8 Å². The van der Waals surface area contributed by atoms with Crippen LogP contribution in [-0.2, 0) is 6.54 Å². The lowest BCUT2D eigenvalue weighted by Gasteiger charge is -2.31. The van der Waals surface area contributed by atoms with E-state index in [4.69, 9.17) is 10.00 Å². The van der Waals surface area contributed by atoms with Gasteiger partial charge in [-0.1, -0.05) is 25.0 Å². The van der Waals surface area contributed by atoms with E-state index in [1.54, 1.807) is 0 Å². The zero-order valence-electron chi connectivity index (χ0n) is 12.0. The SMILES string of the molecule is CSC1CCCCC1NCc1ccc(OCC#N)cc1. The molecule has 0 heterocycles. The Kier molecular flexibility index (Phi) is 6.23. The Balaban J connectivity index is 1.82. The zero-order chi connectivity index (χ0) is 14.2. The summed E-state index contributed by atoms with van der Waals surface area (Å²) in [5, 5.41) is 12.9. The third-order valence-electron chi connectivity index (χ3n) is 3.80. The third kappa shape index (κ3) is 4.43. The van der Waals surface area contributed by atoms with E-state index in [1.165, 1.54) is 31.2 Å². The molecule has 4 heteroatoms. The van der Waals surface area contributed by atoms with Crippen LogP contribution in [0.15, 0.2) is 24.3 Å². The van der Waals surface area contributed by atoms with Gasteiger partial charge in [0, 0.05) is 17.8 Å². The number of ether oxygens (including phenoxy) is 1. The summed E-state index contributed by atoms with van der Waals surface area (Å²) in [6.07, 6.45) is 7.55. The Hall–Kier alpha value is -1.18. The van der Waals surface area contributed by atoms with Gasteiger partial charge in [-0.2, -0.15) is 17.0 Å². The Bertz CT molecular complexity index is 441. The van der Waals surface area contributed by atoms with Crippen LogP contribution < -0.4 is 10.1 Å². The number of nitrogens with zero attached hydrogens (tertiary/aromatic N) is 1. The summed E-state index contributed by atoms with van der Waals surface area (Å²) in [5.74, 6) is 0.759. The van der Waals surface area contributed by atoms with Gasteiger partial charge in [0.25, 0.3) is 0 Å². The fraction of sp³-hybridized carbons (Fsp3) is 0.562. The topological polar surface area (TPSA) is 45.0 Å². The predicted octanol–water partition coefficient (Wildman–Crippen LogP) is 3.35. The van der Waals surface area contributed by atoms with Gasteiger partial charge < -0.3 is 10.1 Å². The molecule has 0 bridgehead atoms. The minimum atomic E-state index is 0.106. The molecule has 1 aliphatic carbocycles. The Labute approximate surface area is 125 Å². The molecule has 2 rings (SSSR count). The molecule has 0 amide bonds. The first-order valence-corrected chi connectivity index (χ1v) is 8.47. The van der Waals surface area contributed by atoms with Gasteiger partial charge in [0.05, 0.1) is 0 Å². The molecule has 1 aliphatic rings. The summed E-state index contributed by atoms with van der Waals surface area (Å²) in [4.78, 5) is 0. The second-order valence-corrected chi connectivity index (χ2v) is 6.21. The van der Waals surface area contributed by atoms with Gasteiger partial charge in [-0.05, 0) is 36.8 Å². The zero-order valence-corrected chi connectivity index (χ0v) is 12.8. The number of nitrogens with one attached hydrogen (secondary N) is 1. The molecule has 3 nitrogen and oxygen atoms in total. The maximum Gasteiger partial charge on any atom is 0.174 e. The van der Waals surface area contributed by atoms with E-state index < -0.39 is 0 Å². The Morgan fingerprint density at radius 1 is 1.30 bits per heavy atom. The minimum absolute atomic E-state index is 0.106. The van der Waals surface area contributed by atoms with Crippen molar-refractivity contribution in [3.05, 3.63) is 29.8 Å². The van der Waals surface area contributed by atoms with Gasteiger partial charge in [0.2, 0.25) is 0 Å². The van der Waals surface area contributed by atoms with Crippen LogP contribution in [0, 0.1) is 11.3 Å². The van der Waals surface area contributed by atoms with Gasteiger partial charge in [-0.3, -0.25) is 0 Å². The van der Waals surface area contributed by atoms with Crippen LogP contribution in [0.4, 0.5) is 0 Å². The largest absolute Gasteiger partial charge is 0.479 e. The molecule has 0 radical (unpaired) electrons. The highest BCUT2D eigenvalue weighted by atomic mass is 32.2. The van der Waals surface area contributed by atoms with Crippen molar-refractivity contribution < 1.29 is 4.74 Å². The molecule has 1 aromatic rings. The number of hydrogen-bond acceptors (Lipinski definition) is 4. The lowest BCUT2D eigenvalue weighted by atomic mass is 9.94. The van der Waals surface area contributed by atoms with Crippen LogP contribution in [0.25, 0.3) is 0 Å². The Morgan fingerprint density at radius 3 is 2.75 bits per heavy atom. The molecule has 0 spiro atoms. The van der Waals surface area contributed by atoms with Gasteiger partial charge in [0.1, 0.15) is 11.8 Å². The van der Waals surface area contributed by atoms with E-state index in [2.05, 4.69) is 23.7 Å². The summed E-state index contributed by atoms with van der Waals surface area (Å²) < 4.78 is 5.25. The molecular weight excluding hydrogens is 268 g/mol. The summed E-state index contributed by atoms with van der Waals surface area (Å²) >= 11 is 1.99. The second kappa shape index (κ2) is 8.18. The molecule has 2 atom stereocenters. The minimum Gasteiger partial charge on any atom is -0.479 e. The molecule has 0 aliphatic heterocycles. The summed E-state index contributed by atoms with van der Waals surface area (Å²) in [7, 11) is 0. The van der Waals surface area contributed by atoms with Crippen molar-refractivity contribution in [2.75, 3.05) is 12.9 Å². The van der Waals surface area contributed by atoms with Gasteiger partial charge in [-0.15, -0.1) is 0 Å². The molecule has 1 N–H and O–H groups in total. The van der Waals surface area contributed by atoms with Crippen LogP contribution in [-0.4, -0.2) is 24.2 Å². The van der Waals surface area contributed by atoms with Crippen molar-refractivity contribution in [3.63, 3.8) is 0 Å². The van der Waals surface area contributed by atoms with E-state index in [0.717, 1.165) is 17.5 Å². The molecule has 1 aromatic carbocycles. The van der Waals surface area contributed by atoms with Crippen molar-refractivity contribution in [2.45, 2.75) is 43.5 Å². The van der Waals surface area contributed by atoms with Crippen LogP contribution >= 0.6 is 11.8 Å². The lowest BCUT2D eigenvalue weighted by Crippen LogP contribution is -2.39. The van der Waals surface area contributed by atoms with E-state index in [-0.39, 0.29) is 6.61 Å². The highest BCUT2D eigenvalue weighted by Crippen LogP contribution is 2.27. The first kappa shape index (κ1) is 15.2. The fourth-order valence-electron chi connectivity index (χ4n) is 2.68. The van der Waals surface area contributed by atoms with Gasteiger partial charge in [-0.25, -0.2) is 0 Å². The quantitative estimate of drug-likeness (QED) is 0.872. The standard InChI is InChI=1S/C16H22N2OS/c1-20-16-5-3-2-4-15(16)18-12-13-6-8-14(9-7-13)19-11-10-17/h6-9,15-16,18H,2-5,11-12H2,1H3. The van der Waals surface area contributed by atoms with Crippen LogP contribution in [0.3, 0.4) is 0 Å². The molecule has 2 unspecified atom stereocenters. The average Bonchev–Trinajstić information content (AvgIpc) is 2.52. The highest BCUT2D eigenvalue weighted by Gasteiger charge is 2.23. The van der Waals surface area contributed by atoms with Crippen LogP contribution in [0.5, 0.6) is 5.75 Å². The van der Waals surface area contributed by atoms with Gasteiger partial charge in [0.15, 0.2) is 6.61 Å². The van der Waals surface area contributed by atoms with E-state index >= 15 is 0 Å². The number of benzene rings is 1. The number of nitriles is 1. The normalized spacial score (nSPS) is 22.2. The molecule has 1 fully saturated rings. The monoisotopic (exact) mass is 290 g/mol. The first-order valence-electron chi connectivity index (χ1n) is 7.18. The molecule has 0 aromatic heterocycles. The number of rotatable bonds is 6. The van der Waals surface area contributed by atoms with E-state index in [9.17, 15) is 0 Å². The number of hydrogen-bond donors (Lipinski definition) is 1. The second-order valence-electron chi connectivity index (χ2n) is 5.14. The van der Waals surface area contributed by atoms with Crippen molar-refractivity contribution >= 4 is 11.8 Å². The molecular formula is C16H22N2OS. The average molecular weight is 290 g/mol. The summed E-state index contributed by atoms with van der Waals surface area (Å²) in [6, 6.07) is 10.6. The first-order chi connectivity index (χ1) is 9.83. The van der Waals surface area contributed by atoms with E-state index in [0.29, 0.717) is 6.04 Å². The smallest absolute Gasteiger partial charge is 0.174 e. The van der Waals surface area contributed by atoms with Crippen molar-refractivity contribution in [1.82, 2.24) is 5.32 Å². The highest BCUT2D eigenvalue weighted by molar-refractivity contribution is 7.99. The molecule has 108 valence electrons. The predicted molar refractivity (Wildman–Crippen MR) is 83.9 cm³/mol. The lowest BCUT2D eigenvalue weighted by molar-refractivity contribution is 0.367. The number of thioether (sulfide) groups is 1. The molecule has 1 saturated carbocycles. The maximum atomic E-state index is 8.47. The summed E-state index contributed by atoms with van der Waals surface area (Å²) in [6.45, 7) is 1.01. The Morgan fingerprint density at radius 2 is 2.05 bits per heavy atom.